The van der Waals surface area contributed by atoms with Gasteiger partial charge >= 0.3 is 7.60 Å². The predicted octanol–water partition coefficient (Wildman–Crippen LogP) is 3.21. The molecule has 3 aromatic rings. The van der Waals surface area contributed by atoms with Crippen LogP contribution in [0.1, 0.15) is 39.7 Å². The molecule has 261 valence electrons. The third kappa shape index (κ3) is 7.93. The number of nitrogens with zero attached hydrogens (tertiary/aromatic N) is 8. The fourth-order valence-electron chi connectivity index (χ4n) is 5.43. The summed E-state index contributed by atoms with van der Waals surface area (Å²) < 4.78 is 60.1. The first-order valence-corrected chi connectivity index (χ1v) is 21.1. The van der Waals surface area contributed by atoms with Gasteiger partial charge in [0.15, 0.2) is 28.8 Å². The molecule has 1 radical (unpaired) electrons. The summed E-state index contributed by atoms with van der Waals surface area (Å²) in [6.07, 6.45) is 1.25. The summed E-state index contributed by atoms with van der Waals surface area (Å²) >= 11 is 6.06. The summed E-state index contributed by atoms with van der Waals surface area (Å²) in [7, 11) is -5.50. The number of fused-ring (bicyclic) bond motifs is 2. The highest BCUT2D eigenvalue weighted by atomic mass is 35.5. The molecule has 1 N–H and O–H groups in total. The Kier molecular flexibility index (Phi) is 11.2. The third-order valence-electron chi connectivity index (χ3n) is 7.71. The summed E-state index contributed by atoms with van der Waals surface area (Å²) in [6.45, 7) is 13.4. The second-order valence-electron chi connectivity index (χ2n) is 12.9. The Morgan fingerprint density at radius 1 is 1.19 bits per heavy atom. The van der Waals surface area contributed by atoms with Gasteiger partial charge in [-0.1, -0.05) is 19.6 Å². The lowest BCUT2D eigenvalue weighted by Gasteiger charge is -2.37. The molecule has 2 aliphatic rings. The highest BCUT2D eigenvalue weighted by Crippen LogP contribution is 2.62. The standard InChI is InChI=1S/C27H43ClN8O9PSi/c1-8-41-46(38,42-9-2)27(16-37,12-20-32-33-34-35(20)17-39-10-11-47(5,6)7)40-15-19-21-22(45-26(3,4)44-21)24(43-19)36-23-18(14-30-36)13-29-25(28)31-23/h14,19,21-22,24,37H,8-12,15-17H2,1-7H3/t19-,21-,22-,24-,27?/m1/s1. The average molecular weight is 718 g/mol. The van der Waals surface area contributed by atoms with Gasteiger partial charge in [-0.2, -0.15) is 10.1 Å². The highest BCUT2D eigenvalue weighted by Gasteiger charge is 2.59. The van der Waals surface area contributed by atoms with Crippen molar-refractivity contribution in [2.75, 3.05) is 33.0 Å². The van der Waals surface area contributed by atoms with Gasteiger partial charge in [0.1, 0.15) is 31.2 Å². The van der Waals surface area contributed by atoms with Crippen molar-refractivity contribution < 1.29 is 42.4 Å². The molecular formula is C27H43ClN8O9PSi. The number of hydrogen-bond acceptors (Lipinski definition) is 15. The first kappa shape index (κ1) is 36.3. The largest absolute Gasteiger partial charge is 0.393 e. The molecule has 2 saturated heterocycles. The zero-order valence-corrected chi connectivity index (χ0v) is 30.3. The molecule has 0 spiro atoms. The average Bonchev–Trinajstić information content (AvgIpc) is 3.76. The zero-order valence-electron chi connectivity index (χ0n) is 27.7. The van der Waals surface area contributed by atoms with Gasteiger partial charge in [-0.15, -0.1) is 5.10 Å². The van der Waals surface area contributed by atoms with E-state index in [1.54, 1.807) is 33.9 Å². The number of aromatic nitrogens is 8. The second-order valence-corrected chi connectivity index (χ2v) is 21.2. The zero-order chi connectivity index (χ0) is 34.0. The molecule has 0 saturated carbocycles. The SMILES string of the molecule is CCOP(=O)(OCC)C(CO)(Cc1nnnn1COCC[Si](C)(C)C)OC[C@H]1O[C@@H](n2ncc3[c]nc(Cl)nc32)[C@@H]2OC(C)(C)O[C@@H]21. The van der Waals surface area contributed by atoms with Crippen LogP contribution >= 0.6 is 19.2 Å². The maximum absolute atomic E-state index is 14.5. The number of tetrazole rings is 1. The van der Waals surface area contributed by atoms with Crippen molar-refractivity contribution in [3.63, 3.8) is 0 Å². The van der Waals surface area contributed by atoms with Gasteiger partial charge in [-0.3, -0.25) is 4.57 Å². The van der Waals surface area contributed by atoms with Crippen LogP contribution in [0.15, 0.2) is 6.20 Å². The lowest BCUT2D eigenvalue weighted by atomic mass is 10.1. The van der Waals surface area contributed by atoms with Crippen LogP contribution in [0, 0.1) is 6.20 Å². The lowest BCUT2D eigenvalue weighted by Crippen LogP contribution is -2.45. The molecule has 20 heteroatoms. The van der Waals surface area contributed by atoms with E-state index in [-0.39, 0.29) is 44.1 Å². The molecule has 1 unspecified atom stereocenters. The van der Waals surface area contributed by atoms with Crippen molar-refractivity contribution in [3.05, 3.63) is 23.5 Å². The second kappa shape index (κ2) is 14.5. The van der Waals surface area contributed by atoms with Crippen molar-refractivity contribution in [2.24, 2.45) is 0 Å². The number of aliphatic hydroxyl groups excluding tert-OH is 1. The number of halogens is 1. The van der Waals surface area contributed by atoms with E-state index in [0.717, 1.165) is 6.04 Å². The Labute approximate surface area is 279 Å². The van der Waals surface area contributed by atoms with Crippen molar-refractivity contribution in [3.8, 4) is 0 Å². The van der Waals surface area contributed by atoms with Gasteiger partial charge in [0.05, 0.1) is 44.4 Å². The minimum absolute atomic E-state index is 0.00303. The first-order chi connectivity index (χ1) is 22.2. The van der Waals surface area contributed by atoms with Crippen LogP contribution in [0.25, 0.3) is 11.0 Å². The molecule has 2 fully saturated rings. The van der Waals surface area contributed by atoms with E-state index in [4.69, 9.17) is 44.3 Å². The predicted molar refractivity (Wildman–Crippen MR) is 169 cm³/mol. The number of hydrogen-bond donors (Lipinski definition) is 1. The molecule has 3 aromatic heterocycles. The Balaban J connectivity index is 1.42. The van der Waals surface area contributed by atoms with Gasteiger partial charge in [-0.05, 0) is 55.8 Å². The summed E-state index contributed by atoms with van der Waals surface area (Å²) in [4.78, 5) is 8.20. The van der Waals surface area contributed by atoms with Crippen molar-refractivity contribution >= 4 is 38.3 Å². The minimum atomic E-state index is -4.18. The molecule has 0 aromatic carbocycles. The summed E-state index contributed by atoms with van der Waals surface area (Å²) in [5.41, 5.74) is 0.393. The topological polar surface area (TPSA) is 189 Å². The molecule has 5 heterocycles. The molecule has 0 amide bonds. The van der Waals surface area contributed by atoms with Crippen LogP contribution in [-0.2, 0) is 50.4 Å². The van der Waals surface area contributed by atoms with Gasteiger partial charge < -0.3 is 37.8 Å². The van der Waals surface area contributed by atoms with Gasteiger partial charge in [-0.25, -0.2) is 14.3 Å². The number of aliphatic hydroxyl groups is 1. The molecule has 17 nitrogen and oxygen atoms in total. The Hall–Kier alpha value is -1.96. The molecule has 5 atom stereocenters. The normalized spacial score (nSPS) is 24.2. The van der Waals surface area contributed by atoms with E-state index >= 15 is 0 Å². The molecule has 0 aliphatic carbocycles. The number of ether oxygens (including phenoxy) is 5. The molecule has 5 rings (SSSR count). The number of rotatable bonds is 17. The fraction of sp³-hybridized carbons (Fsp3) is 0.778. The molecule has 47 heavy (non-hydrogen) atoms. The molecule has 2 aliphatic heterocycles. The molecule has 0 bridgehead atoms. The van der Waals surface area contributed by atoms with Crippen molar-refractivity contribution in [1.29, 1.82) is 0 Å². The van der Waals surface area contributed by atoms with Gasteiger partial charge in [0.2, 0.25) is 5.28 Å². The fourth-order valence-corrected chi connectivity index (χ4v) is 8.28. The Morgan fingerprint density at radius 3 is 2.60 bits per heavy atom. The summed E-state index contributed by atoms with van der Waals surface area (Å²) in [6, 6.07) is 0.956. The molecular weight excluding hydrogens is 675 g/mol. The van der Waals surface area contributed by atoms with Crippen LogP contribution in [0.5, 0.6) is 0 Å². The van der Waals surface area contributed by atoms with Crippen LogP contribution in [-0.4, -0.2) is 116 Å². The van der Waals surface area contributed by atoms with E-state index in [0.29, 0.717) is 17.6 Å². The third-order valence-corrected chi connectivity index (χ3v) is 12.2. The maximum Gasteiger partial charge on any atom is 0.365 e. The highest BCUT2D eigenvalue weighted by molar-refractivity contribution is 7.55. The van der Waals surface area contributed by atoms with Crippen molar-refractivity contribution in [2.45, 2.75) is 102 Å². The van der Waals surface area contributed by atoms with Gasteiger partial charge in [0.25, 0.3) is 0 Å². The smallest absolute Gasteiger partial charge is 0.365 e. The van der Waals surface area contributed by atoms with Crippen molar-refractivity contribution in [1.82, 2.24) is 40.0 Å². The first-order valence-electron chi connectivity index (χ1n) is 15.5. The van der Waals surface area contributed by atoms with E-state index in [9.17, 15) is 9.67 Å². The summed E-state index contributed by atoms with van der Waals surface area (Å²) in [5.74, 6) is -0.707. The monoisotopic (exact) mass is 717 g/mol. The van der Waals surface area contributed by atoms with Crippen LogP contribution in [0.3, 0.4) is 0 Å². The van der Waals surface area contributed by atoms with E-state index in [1.807, 2.05) is 0 Å². The Bertz CT molecular complexity index is 1550. The van der Waals surface area contributed by atoms with E-state index in [2.05, 4.69) is 56.4 Å². The van der Waals surface area contributed by atoms with E-state index in [1.165, 1.54) is 9.36 Å². The van der Waals surface area contributed by atoms with E-state index < -0.39 is 57.9 Å². The maximum atomic E-state index is 14.5. The lowest BCUT2D eigenvalue weighted by molar-refractivity contribution is -0.207. The van der Waals surface area contributed by atoms with Crippen LogP contribution in [0.4, 0.5) is 0 Å². The summed E-state index contributed by atoms with van der Waals surface area (Å²) in [5, 5.41) is 26.0. The van der Waals surface area contributed by atoms with Gasteiger partial charge in [0, 0.05) is 14.7 Å². The van der Waals surface area contributed by atoms with Crippen LogP contribution < -0.4 is 0 Å². The van der Waals surface area contributed by atoms with Crippen LogP contribution in [0.2, 0.25) is 31.0 Å². The quantitative estimate of drug-likeness (QED) is 0.0927. The Morgan fingerprint density at radius 2 is 1.91 bits per heavy atom. The minimum Gasteiger partial charge on any atom is -0.393 e.